The maximum Gasteiger partial charge on any atom is 0.272 e. The van der Waals surface area contributed by atoms with Gasteiger partial charge in [0.15, 0.2) is 0 Å². The number of aromatic nitrogens is 4. The lowest BCUT2D eigenvalue weighted by atomic mass is 10.1. The molecule has 4 rings (SSSR count). The van der Waals surface area contributed by atoms with E-state index in [1.54, 1.807) is 37.2 Å². The molecular weight excluding hydrogens is 370 g/mol. The summed E-state index contributed by atoms with van der Waals surface area (Å²) in [6, 6.07) is 13.0. The van der Waals surface area contributed by atoms with Crippen LogP contribution in [0.15, 0.2) is 48.7 Å². The lowest BCUT2D eigenvalue weighted by Gasteiger charge is -2.32. The number of piperidine rings is 1. The first-order valence-electron chi connectivity index (χ1n) is 9.56. The largest absolute Gasteiger partial charge is 0.497 e. The topological polar surface area (TPSA) is 82.4 Å². The highest BCUT2D eigenvalue weighted by Gasteiger charge is 2.28. The second-order valence-electron chi connectivity index (χ2n) is 6.97. The Bertz CT molecular complexity index is 989. The summed E-state index contributed by atoms with van der Waals surface area (Å²) in [6.45, 7) is 1.20. The molecule has 0 N–H and O–H groups in total. The van der Waals surface area contributed by atoms with Crippen molar-refractivity contribution >= 4 is 5.91 Å². The van der Waals surface area contributed by atoms with E-state index in [9.17, 15) is 4.79 Å². The minimum absolute atomic E-state index is 0.0541. The number of carbonyl (C=O) groups is 1. The minimum Gasteiger partial charge on any atom is -0.497 e. The van der Waals surface area contributed by atoms with Gasteiger partial charge in [0.2, 0.25) is 5.88 Å². The number of hydrogen-bond donors (Lipinski definition) is 0. The Hall–Kier alpha value is -3.42. The van der Waals surface area contributed by atoms with Crippen molar-refractivity contribution in [2.24, 2.45) is 7.05 Å². The van der Waals surface area contributed by atoms with Crippen LogP contribution in [0.1, 0.15) is 23.3 Å². The monoisotopic (exact) mass is 393 g/mol. The zero-order chi connectivity index (χ0) is 20.2. The van der Waals surface area contributed by atoms with Gasteiger partial charge in [-0.15, -0.1) is 5.10 Å². The van der Waals surface area contributed by atoms with Gasteiger partial charge in [-0.1, -0.05) is 12.1 Å². The summed E-state index contributed by atoms with van der Waals surface area (Å²) >= 11 is 0. The van der Waals surface area contributed by atoms with E-state index in [-0.39, 0.29) is 12.0 Å². The molecule has 8 nitrogen and oxygen atoms in total. The molecule has 8 heteroatoms. The van der Waals surface area contributed by atoms with E-state index < -0.39 is 0 Å². The average Bonchev–Trinajstić information content (AvgIpc) is 3.16. The number of rotatable bonds is 5. The van der Waals surface area contributed by atoms with Gasteiger partial charge in [-0.25, -0.2) is 0 Å². The molecule has 0 saturated carbocycles. The van der Waals surface area contributed by atoms with E-state index in [1.165, 1.54) is 0 Å². The van der Waals surface area contributed by atoms with Crippen molar-refractivity contribution in [3.63, 3.8) is 0 Å². The SMILES string of the molecule is COc1cccc(-c2cc(C(=O)N3CCCC(Oc4cccnn4)C3)n(C)n2)c1. The van der Waals surface area contributed by atoms with Gasteiger partial charge in [0.1, 0.15) is 17.5 Å². The molecule has 1 aliphatic rings. The van der Waals surface area contributed by atoms with Crippen LogP contribution in [0, 0.1) is 0 Å². The van der Waals surface area contributed by atoms with E-state index in [4.69, 9.17) is 9.47 Å². The van der Waals surface area contributed by atoms with Crippen LogP contribution in [-0.2, 0) is 7.05 Å². The standard InChI is InChI=1S/C21H23N5O3/c1-25-19(13-18(24-25)15-6-3-7-16(12-15)28-2)21(27)26-11-5-8-17(14-26)29-20-9-4-10-22-23-20/h3-4,6-7,9-10,12-13,17H,5,8,11,14H2,1-2H3. The van der Waals surface area contributed by atoms with Crippen LogP contribution in [0.2, 0.25) is 0 Å². The molecule has 2 aromatic heterocycles. The average molecular weight is 393 g/mol. The van der Waals surface area contributed by atoms with Gasteiger partial charge < -0.3 is 14.4 Å². The van der Waals surface area contributed by atoms with Crippen LogP contribution in [-0.4, -0.2) is 57.1 Å². The maximum absolute atomic E-state index is 13.1. The van der Waals surface area contributed by atoms with Gasteiger partial charge in [0.05, 0.1) is 19.3 Å². The Morgan fingerprint density at radius 1 is 1.21 bits per heavy atom. The summed E-state index contributed by atoms with van der Waals surface area (Å²) in [5, 5.41) is 12.3. The zero-order valence-corrected chi connectivity index (χ0v) is 16.5. The fraction of sp³-hybridized carbons (Fsp3) is 0.333. The summed E-state index contributed by atoms with van der Waals surface area (Å²) < 4.78 is 12.8. The molecule has 0 radical (unpaired) electrons. The Balaban J connectivity index is 1.49. The molecule has 0 spiro atoms. The molecule has 3 aromatic rings. The van der Waals surface area contributed by atoms with E-state index in [0.717, 1.165) is 29.8 Å². The molecule has 1 unspecified atom stereocenters. The molecule has 1 saturated heterocycles. The highest BCUT2D eigenvalue weighted by atomic mass is 16.5. The Morgan fingerprint density at radius 3 is 2.90 bits per heavy atom. The van der Waals surface area contributed by atoms with Crippen molar-refractivity contribution in [3.05, 3.63) is 54.4 Å². The second kappa shape index (κ2) is 8.30. The summed E-state index contributed by atoms with van der Waals surface area (Å²) in [6.07, 6.45) is 3.25. The molecule has 1 aliphatic heterocycles. The van der Waals surface area contributed by atoms with Crippen LogP contribution in [0.5, 0.6) is 11.6 Å². The van der Waals surface area contributed by atoms with Gasteiger partial charge in [-0.3, -0.25) is 9.48 Å². The normalized spacial score (nSPS) is 16.5. The molecular formula is C21H23N5O3. The van der Waals surface area contributed by atoms with Crippen molar-refractivity contribution in [3.8, 4) is 22.9 Å². The number of carbonyl (C=O) groups excluding carboxylic acids is 1. The van der Waals surface area contributed by atoms with Crippen molar-refractivity contribution in [1.82, 2.24) is 24.9 Å². The number of nitrogens with zero attached hydrogens (tertiary/aromatic N) is 5. The highest BCUT2D eigenvalue weighted by Crippen LogP contribution is 2.25. The van der Waals surface area contributed by atoms with Gasteiger partial charge in [0, 0.05) is 31.4 Å². The molecule has 1 atom stereocenters. The lowest BCUT2D eigenvalue weighted by molar-refractivity contribution is 0.0516. The minimum atomic E-state index is -0.101. The Kier molecular flexibility index (Phi) is 5.41. The molecule has 29 heavy (non-hydrogen) atoms. The van der Waals surface area contributed by atoms with E-state index in [0.29, 0.717) is 24.7 Å². The summed E-state index contributed by atoms with van der Waals surface area (Å²) in [7, 11) is 3.41. The molecule has 3 heterocycles. The third-order valence-corrected chi connectivity index (χ3v) is 4.97. The number of hydrogen-bond acceptors (Lipinski definition) is 6. The number of ether oxygens (including phenoxy) is 2. The third-order valence-electron chi connectivity index (χ3n) is 4.97. The van der Waals surface area contributed by atoms with E-state index in [2.05, 4.69) is 15.3 Å². The molecule has 1 aromatic carbocycles. The van der Waals surface area contributed by atoms with Gasteiger partial charge in [-0.2, -0.15) is 10.2 Å². The smallest absolute Gasteiger partial charge is 0.272 e. The molecule has 1 amide bonds. The fourth-order valence-corrected chi connectivity index (χ4v) is 3.49. The van der Waals surface area contributed by atoms with Crippen molar-refractivity contribution in [1.29, 1.82) is 0 Å². The highest BCUT2D eigenvalue weighted by molar-refractivity contribution is 5.93. The Labute approximate surface area is 169 Å². The van der Waals surface area contributed by atoms with Crippen molar-refractivity contribution in [2.75, 3.05) is 20.2 Å². The summed E-state index contributed by atoms with van der Waals surface area (Å²) in [4.78, 5) is 15.0. The summed E-state index contributed by atoms with van der Waals surface area (Å²) in [5.41, 5.74) is 2.18. The van der Waals surface area contributed by atoms with Gasteiger partial charge >= 0.3 is 0 Å². The third kappa shape index (κ3) is 4.21. The van der Waals surface area contributed by atoms with Gasteiger partial charge in [0.25, 0.3) is 5.91 Å². The molecule has 150 valence electrons. The predicted molar refractivity (Wildman–Crippen MR) is 107 cm³/mol. The lowest BCUT2D eigenvalue weighted by Crippen LogP contribution is -2.45. The Morgan fingerprint density at radius 2 is 2.10 bits per heavy atom. The van der Waals surface area contributed by atoms with E-state index in [1.807, 2.05) is 35.2 Å². The first-order valence-corrected chi connectivity index (χ1v) is 9.56. The maximum atomic E-state index is 13.1. The van der Waals surface area contributed by atoms with Crippen molar-refractivity contribution < 1.29 is 14.3 Å². The first kappa shape index (κ1) is 18.9. The van der Waals surface area contributed by atoms with Crippen LogP contribution < -0.4 is 9.47 Å². The fourth-order valence-electron chi connectivity index (χ4n) is 3.49. The van der Waals surface area contributed by atoms with Crippen LogP contribution in [0.25, 0.3) is 11.3 Å². The molecule has 0 bridgehead atoms. The predicted octanol–water partition coefficient (Wildman–Crippen LogP) is 2.57. The van der Waals surface area contributed by atoms with E-state index >= 15 is 0 Å². The number of aryl methyl sites for hydroxylation is 1. The summed E-state index contributed by atoms with van der Waals surface area (Å²) in [5.74, 6) is 1.18. The number of benzene rings is 1. The second-order valence-corrected chi connectivity index (χ2v) is 6.97. The molecule has 1 fully saturated rings. The molecule has 0 aliphatic carbocycles. The van der Waals surface area contributed by atoms with Crippen LogP contribution >= 0.6 is 0 Å². The van der Waals surface area contributed by atoms with Crippen LogP contribution in [0.4, 0.5) is 0 Å². The first-order chi connectivity index (χ1) is 14.1. The quantitative estimate of drug-likeness (QED) is 0.663. The number of amides is 1. The zero-order valence-electron chi connectivity index (χ0n) is 16.5. The number of methoxy groups -OCH3 is 1. The van der Waals surface area contributed by atoms with Gasteiger partial charge in [-0.05, 0) is 37.1 Å². The number of likely N-dealkylation sites (tertiary alicyclic amines) is 1. The van der Waals surface area contributed by atoms with Crippen molar-refractivity contribution in [2.45, 2.75) is 18.9 Å². The van der Waals surface area contributed by atoms with Crippen LogP contribution in [0.3, 0.4) is 0 Å².